The van der Waals surface area contributed by atoms with Gasteiger partial charge in [-0.3, -0.25) is 4.98 Å². The number of fused-ring (bicyclic) bond motifs is 1. The van der Waals surface area contributed by atoms with Crippen LogP contribution in [-0.4, -0.2) is 13.4 Å². The Balaban J connectivity index is 1.84. The summed E-state index contributed by atoms with van der Waals surface area (Å²) >= 11 is 3.41. The average Bonchev–Trinajstić information content (AvgIpc) is 2.47. The normalized spacial score (nSPS) is 11.7. The predicted octanol–water partition coefficient (Wildman–Crippen LogP) is 4.11. The summed E-state index contributed by atoms with van der Waals surface area (Å²) in [5.41, 5.74) is 2.17. The molecule has 22 heavy (non-hydrogen) atoms. The third kappa shape index (κ3) is 3.72. The van der Waals surface area contributed by atoms with E-state index in [4.69, 9.17) is 0 Å². The van der Waals surface area contributed by atoms with Gasteiger partial charge in [0.15, 0.2) is 9.84 Å². The SMILES string of the molecule is O=S(=O)(Cc1ccccc1)Cc1ccc2cc(Br)ccc2n1. The van der Waals surface area contributed by atoms with E-state index in [9.17, 15) is 8.42 Å². The van der Waals surface area contributed by atoms with Gasteiger partial charge >= 0.3 is 0 Å². The molecular weight excluding hydrogens is 362 g/mol. The molecule has 112 valence electrons. The minimum absolute atomic E-state index is 0.0356. The van der Waals surface area contributed by atoms with E-state index in [0.29, 0.717) is 5.69 Å². The molecule has 0 aliphatic heterocycles. The van der Waals surface area contributed by atoms with Gasteiger partial charge in [-0.2, -0.15) is 0 Å². The van der Waals surface area contributed by atoms with E-state index >= 15 is 0 Å². The molecule has 0 atom stereocenters. The summed E-state index contributed by atoms with van der Waals surface area (Å²) in [4.78, 5) is 4.44. The number of aromatic nitrogens is 1. The molecule has 0 saturated carbocycles. The largest absolute Gasteiger partial charge is 0.252 e. The lowest BCUT2D eigenvalue weighted by atomic mass is 10.2. The second kappa shape index (κ2) is 6.18. The number of pyridine rings is 1. The first-order valence-corrected chi connectivity index (χ1v) is 9.43. The van der Waals surface area contributed by atoms with E-state index in [0.717, 1.165) is 20.9 Å². The zero-order chi connectivity index (χ0) is 15.6. The van der Waals surface area contributed by atoms with Crippen LogP contribution >= 0.6 is 15.9 Å². The van der Waals surface area contributed by atoms with Gasteiger partial charge in [0.2, 0.25) is 0 Å². The first kappa shape index (κ1) is 15.2. The molecule has 0 bridgehead atoms. The maximum Gasteiger partial charge on any atom is 0.160 e. The van der Waals surface area contributed by atoms with Gasteiger partial charge in [-0.05, 0) is 29.8 Å². The molecule has 0 fully saturated rings. The van der Waals surface area contributed by atoms with E-state index in [1.54, 1.807) is 6.07 Å². The van der Waals surface area contributed by atoms with Crippen LogP contribution in [0.1, 0.15) is 11.3 Å². The predicted molar refractivity (Wildman–Crippen MR) is 92.2 cm³/mol. The van der Waals surface area contributed by atoms with Crippen molar-refractivity contribution in [3.63, 3.8) is 0 Å². The van der Waals surface area contributed by atoms with Crippen molar-refractivity contribution in [3.05, 3.63) is 76.4 Å². The number of sulfone groups is 1. The third-order valence-electron chi connectivity index (χ3n) is 3.31. The van der Waals surface area contributed by atoms with Gasteiger partial charge < -0.3 is 0 Å². The molecule has 0 aliphatic carbocycles. The Morgan fingerprint density at radius 2 is 1.68 bits per heavy atom. The van der Waals surface area contributed by atoms with Crippen LogP contribution in [0.15, 0.2) is 65.1 Å². The molecule has 0 spiro atoms. The van der Waals surface area contributed by atoms with Crippen molar-refractivity contribution in [2.75, 3.05) is 0 Å². The summed E-state index contributed by atoms with van der Waals surface area (Å²) in [5, 5.41) is 0.985. The van der Waals surface area contributed by atoms with Crippen molar-refractivity contribution in [2.24, 2.45) is 0 Å². The molecule has 3 aromatic rings. The Kier molecular flexibility index (Phi) is 4.27. The topological polar surface area (TPSA) is 47.0 Å². The number of halogens is 1. The van der Waals surface area contributed by atoms with Crippen LogP contribution in [0.25, 0.3) is 10.9 Å². The third-order valence-corrected chi connectivity index (χ3v) is 5.31. The van der Waals surface area contributed by atoms with Gasteiger partial charge in [-0.15, -0.1) is 0 Å². The summed E-state index contributed by atoms with van der Waals surface area (Å²) in [5.74, 6) is -0.0121. The molecule has 3 nitrogen and oxygen atoms in total. The molecule has 2 aromatic carbocycles. The summed E-state index contributed by atoms with van der Waals surface area (Å²) in [6.07, 6.45) is 0. The molecule has 0 aliphatic rings. The highest BCUT2D eigenvalue weighted by molar-refractivity contribution is 9.10. The monoisotopic (exact) mass is 375 g/mol. The van der Waals surface area contributed by atoms with Crippen LogP contribution in [-0.2, 0) is 21.3 Å². The van der Waals surface area contributed by atoms with Crippen LogP contribution in [0.2, 0.25) is 0 Å². The van der Waals surface area contributed by atoms with E-state index in [-0.39, 0.29) is 11.5 Å². The second-order valence-electron chi connectivity index (χ2n) is 5.16. The van der Waals surface area contributed by atoms with Crippen LogP contribution in [0.5, 0.6) is 0 Å². The lowest BCUT2D eigenvalue weighted by Gasteiger charge is -2.06. The van der Waals surface area contributed by atoms with Crippen LogP contribution in [0.4, 0.5) is 0 Å². The fourth-order valence-electron chi connectivity index (χ4n) is 2.32. The second-order valence-corrected chi connectivity index (χ2v) is 8.14. The van der Waals surface area contributed by atoms with Crippen molar-refractivity contribution < 1.29 is 8.42 Å². The Hall–Kier alpha value is -1.72. The lowest BCUT2D eigenvalue weighted by molar-refractivity contribution is 0.594. The van der Waals surface area contributed by atoms with Crippen LogP contribution < -0.4 is 0 Å². The number of rotatable bonds is 4. The molecule has 0 N–H and O–H groups in total. The van der Waals surface area contributed by atoms with Gasteiger partial charge in [0.25, 0.3) is 0 Å². The van der Waals surface area contributed by atoms with Crippen molar-refractivity contribution in [1.29, 1.82) is 0 Å². The Morgan fingerprint density at radius 3 is 2.45 bits per heavy atom. The molecule has 1 heterocycles. The molecule has 5 heteroatoms. The number of hydrogen-bond acceptors (Lipinski definition) is 3. The molecule has 1 aromatic heterocycles. The summed E-state index contributed by atoms with van der Waals surface area (Å²) in [7, 11) is -3.24. The molecule has 0 amide bonds. The minimum Gasteiger partial charge on any atom is -0.252 e. The highest BCUT2D eigenvalue weighted by Gasteiger charge is 2.14. The van der Waals surface area contributed by atoms with Crippen LogP contribution in [0.3, 0.4) is 0 Å². The minimum atomic E-state index is -3.24. The van der Waals surface area contributed by atoms with Gasteiger partial charge in [0.1, 0.15) is 0 Å². The summed E-state index contributed by atoms with van der Waals surface area (Å²) in [6, 6.07) is 18.6. The quantitative estimate of drug-likeness (QED) is 0.689. The summed E-state index contributed by atoms with van der Waals surface area (Å²) < 4.78 is 25.6. The standard InChI is InChI=1S/C17H14BrNO2S/c18-15-7-9-17-14(10-15)6-8-16(19-17)12-22(20,21)11-13-4-2-1-3-5-13/h1-10H,11-12H2. The van der Waals surface area contributed by atoms with E-state index < -0.39 is 9.84 Å². The van der Waals surface area contributed by atoms with Gasteiger partial charge in [0, 0.05) is 9.86 Å². The first-order chi connectivity index (χ1) is 10.5. The van der Waals surface area contributed by atoms with Gasteiger partial charge in [0.05, 0.1) is 22.7 Å². The van der Waals surface area contributed by atoms with Crippen molar-refractivity contribution >= 4 is 36.7 Å². The highest BCUT2D eigenvalue weighted by Crippen LogP contribution is 2.20. The number of nitrogens with zero attached hydrogens (tertiary/aromatic N) is 1. The number of hydrogen-bond donors (Lipinski definition) is 0. The summed E-state index contributed by atoms with van der Waals surface area (Å²) in [6.45, 7) is 0. The van der Waals surface area contributed by atoms with E-state index in [1.165, 1.54) is 0 Å². The van der Waals surface area contributed by atoms with Crippen molar-refractivity contribution in [3.8, 4) is 0 Å². The molecule has 3 rings (SSSR count). The Labute approximate surface area is 138 Å². The fourth-order valence-corrected chi connectivity index (χ4v) is 4.12. The maximum absolute atomic E-state index is 12.3. The molecule has 0 unspecified atom stereocenters. The fraction of sp³-hybridized carbons (Fsp3) is 0.118. The van der Waals surface area contributed by atoms with E-state index in [1.807, 2.05) is 54.6 Å². The van der Waals surface area contributed by atoms with E-state index in [2.05, 4.69) is 20.9 Å². The van der Waals surface area contributed by atoms with Crippen molar-refractivity contribution in [1.82, 2.24) is 4.98 Å². The average molecular weight is 376 g/mol. The zero-order valence-corrected chi connectivity index (χ0v) is 14.1. The highest BCUT2D eigenvalue weighted by atomic mass is 79.9. The Morgan fingerprint density at radius 1 is 0.909 bits per heavy atom. The zero-order valence-electron chi connectivity index (χ0n) is 11.7. The first-order valence-electron chi connectivity index (χ1n) is 6.81. The lowest BCUT2D eigenvalue weighted by Crippen LogP contribution is -2.08. The Bertz CT molecular complexity index is 908. The van der Waals surface area contributed by atoms with Crippen molar-refractivity contribution in [2.45, 2.75) is 11.5 Å². The number of benzene rings is 2. The van der Waals surface area contributed by atoms with Crippen LogP contribution in [0, 0.1) is 0 Å². The van der Waals surface area contributed by atoms with Gasteiger partial charge in [-0.25, -0.2) is 8.42 Å². The molecule has 0 radical (unpaired) electrons. The van der Waals surface area contributed by atoms with Gasteiger partial charge in [-0.1, -0.05) is 52.3 Å². The maximum atomic E-state index is 12.3. The smallest absolute Gasteiger partial charge is 0.160 e. The molecule has 0 saturated heterocycles. The molecular formula is C17H14BrNO2S.